The van der Waals surface area contributed by atoms with Gasteiger partial charge in [-0.2, -0.15) is 5.10 Å². The summed E-state index contributed by atoms with van der Waals surface area (Å²) in [4.78, 5) is 6.35. The highest BCUT2D eigenvalue weighted by Crippen LogP contribution is 2.26. The molecule has 1 aliphatic heterocycles. The van der Waals surface area contributed by atoms with Crippen molar-refractivity contribution in [3.8, 4) is 0 Å². The standard InChI is InChI=1S/C16H21ClN4O/c17-15-7-2-1-6-14(15)16(22)10-20-8-4-3-5-13(20)9-21-12-18-11-19-21/h1-2,6-7,11-13,16,22H,3-5,8-10H2/t13-,16-/m0/s1. The molecule has 3 rings (SSSR count). The van der Waals surface area contributed by atoms with Crippen molar-refractivity contribution >= 4 is 11.6 Å². The van der Waals surface area contributed by atoms with E-state index in [4.69, 9.17) is 11.6 Å². The van der Waals surface area contributed by atoms with Gasteiger partial charge in [-0.05, 0) is 25.5 Å². The smallest absolute Gasteiger partial charge is 0.137 e. The Balaban J connectivity index is 1.67. The van der Waals surface area contributed by atoms with Gasteiger partial charge in [0.25, 0.3) is 0 Å². The number of piperidine rings is 1. The van der Waals surface area contributed by atoms with Crippen LogP contribution in [-0.4, -0.2) is 43.9 Å². The van der Waals surface area contributed by atoms with Crippen LogP contribution in [-0.2, 0) is 6.54 Å². The summed E-state index contributed by atoms with van der Waals surface area (Å²) in [6.45, 7) is 2.42. The van der Waals surface area contributed by atoms with Crippen LogP contribution in [0.25, 0.3) is 0 Å². The third-order valence-corrected chi connectivity index (χ3v) is 4.63. The van der Waals surface area contributed by atoms with Crippen LogP contribution in [0.4, 0.5) is 0 Å². The zero-order valence-corrected chi connectivity index (χ0v) is 13.2. The molecule has 1 aromatic carbocycles. The number of β-amino-alcohol motifs (C(OH)–C–C–N with tert-alkyl or cyclic N) is 1. The minimum atomic E-state index is -0.565. The molecule has 1 saturated heterocycles. The van der Waals surface area contributed by atoms with Gasteiger partial charge in [-0.15, -0.1) is 0 Å². The SMILES string of the molecule is O[C@@H](CN1CCCC[C@H]1Cn1cncn1)c1ccccc1Cl. The second-order valence-electron chi connectivity index (χ2n) is 5.80. The number of rotatable bonds is 5. The maximum absolute atomic E-state index is 10.5. The van der Waals surface area contributed by atoms with Crippen molar-refractivity contribution in [1.29, 1.82) is 0 Å². The van der Waals surface area contributed by atoms with Gasteiger partial charge in [0.2, 0.25) is 0 Å². The number of aromatic nitrogens is 3. The first-order valence-corrected chi connectivity index (χ1v) is 8.11. The van der Waals surface area contributed by atoms with Gasteiger partial charge < -0.3 is 5.11 Å². The fraction of sp³-hybridized carbons (Fsp3) is 0.500. The van der Waals surface area contributed by atoms with Crippen LogP contribution in [0.15, 0.2) is 36.9 Å². The molecule has 22 heavy (non-hydrogen) atoms. The van der Waals surface area contributed by atoms with E-state index in [1.54, 1.807) is 12.7 Å². The predicted octanol–water partition coefficient (Wildman–Crippen LogP) is 2.52. The van der Waals surface area contributed by atoms with E-state index in [1.165, 1.54) is 12.8 Å². The monoisotopic (exact) mass is 320 g/mol. The van der Waals surface area contributed by atoms with Gasteiger partial charge in [-0.3, -0.25) is 9.58 Å². The van der Waals surface area contributed by atoms with Crippen LogP contribution >= 0.6 is 11.6 Å². The molecule has 1 aliphatic rings. The summed E-state index contributed by atoms with van der Waals surface area (Å²) in [5, 5.41) is 15.4. The molecule has 2 aromatic rings. The molecule has 1 N–H and O–H groups in total. The van der Waals surface area contributed by atoms with Crippen LogP contribution in [0.1, 0.15) is 30.9 Å². The summed E-state index contributed by atoms with van der Waals surface area (Å²) in [6.07, 6.45) is 6.25. The van der Waals surface area contributed by atoms with Crippen LogP contribution in [0.2, 0.25) is 5.02 Å². The number of likely N-dealkylation sites (tertiary alicyclic amines) is 1. The number of hydrogen-bond donors (Lipinski definition) is 1. The number of halogens is 1. The molecule has 0 bridgehead atoms. The number of nitrogens with zero attached hydrogens (tertiary/aromatic N) is 4. The molecule has 2 atom stereocenters. The Bertz CT molecular complexity index is 590. The first kappa shape index (κ1) is 15.5. The second-order valence-corrected chi connectivity index (χ2v) is 6.21. The van der Waals surface area contributed by atoms with Crippen molar-refractivity contribution in [2.75, 3.05) is 13.1 Å². The lowest BCUT2D eigenvalue weighted by Crippen LogP contribution is -2.44. The molecule has 1 fully saturated rings. The van der Waals surface area contributed by atoms with Crippen molar-refractivity contribution < 1.29 is 5.11 Å². The summed E-state index contributed by atoms with van der Waals surface area (Å²) < 4.78 is 1.87. The molecule has 0 spiro atoms. The zero-order chi connectivity index (χ0) is 15.4. The Labute approximate surface area is 135 Å². The summed E-state index contributed by atoms with van der Waals surface area (Å²) in [5.41, 5.74) is 0.800. The van der Waals surface area contributed by atoms with E-state index < -0.39 is 6.10 Å². The van der Waals surface area contributed by atoms with Gasteiger partial charge in [0.1, 0.15) is 12.7 Å². The highest BCUT2D eigenvalue weighted by atomic mass is 35.5. The fourth-order valence-electron chi connectivity index (χ4n) is 3.12. The normalized spacial score (nSPS) is 20.9. The van der Waals surface area contributed by atoms with Gasteiger partial charge in [-0.25, -0.2) is 4.98 Å². The zero-order valence-electron chi connectivity index (χ0n) is 12.5. The lowest BCUT2D eigenvalue weighted by Gasteiger charge is -2.36. The second kappa shape index (κ2) is 7.22. The molecule has 0 saturated carbocycles. The molecule has 5 nitrogen and oxygen atoms in total. The molecule has 0 unspecified atom stereocenters. The summed E-state index contributed by atoms with van der Waals surface area (Å²) in [5.74, 6) is 0. The Hall–Kier alpha value is -1.43. The largest absolute Gasteiger partial charge is 0.387 e. The highest BCUT2D eigenvalue weighted by molar-refractivity contribution is 6.31. The third-order valence-electron chi connectivity index (χ3n) is 4.29. The maximum Gasteiger partial charge on any atom is 0.137 e. The number of benzene rings is 1. The van der Waals surface area contributed by atoms with Gasteiger partial charge in [0, 0.05) is 23.2 Å². The van der Waals surface area contributed by atoms with Crippen LogP contribution in [0.3, 0.4) is 0 Å². The van der Waals surface area contributed by atoms with Gasteiger partial charge in [0.05, 0.1) is 12.6 Å². The lowest BCUT2D eigenvalue weighted by atomic mass is 10.00. The number of hydrogen-bond acceptors (Lipinski definition) is 4. The fourth-order valence-corrected chi connectivity index (χ4v) is 3.38. The van der Waals surface area contributed by atoms with E-state index in [0.717, 1.165) is 25.1 Å². The Morgan fingerprint density at radius 3 is 2.95 bits per heavy atom. The highest BCUT2D eigenvalue weighted by Gasteiger charge is 2.26. The van der Waals surface area contributed by atoms with Crippen LogP contribution < -0.4 is 0 Å². The minimum Gasteiger partial charge on any atom is -0.387 e. The topological polar surface area (TPSA) is 54.2 Å². The Morgan fingerprint density at radius 2 is 2.18 bits per heavy atom. The Morgan fingerprint density at radius 1 is 1.32 bits per heavy atom. The minimum absolute atomic E-state index is 0.382. The molecule has 0 aliphatic carbocycles. The average Bonchev–Trinajstić information content (AvgIpc) is 3.02. The molecule has 0 amide bonds. The van der Waals surface area contributed by atoms with Crippen molar-refractivity contribution in [3.05, 3.63) is 47.5 Å². The molecular weight excluding hydrogens is 300 g/mol. The van der Waals surface area contributed by atoms with E-state index >= 15 is 0 Å². The predicted molar refractivity (Wildman–Crippen MR) is 85.6 cm³/mol. The molecule has 2 heterocycles. The van der Waals surface area contributed by atoms with Gasteiger partial charge >= 0.3 is 0 Å². The van der Waals surface area contributed by atoms with Crippen molar-refractivity contribution in [3.63, 3.8) is 0 Å². The van der Waals surface area contributed by atoms with E-state index in [-0.39, 0.29) is 0 Å². The molecule has 0 radical (unpaired) electrons. The van der Waals surface area contributed by atoms with E-state index in [9.17, 15) is 5.11 Å². The average molecular weight is 321 g/mol. The first-order chi connectivity index (χ1) is 10.7. The van der Waals surface area contributed by atoms with Crippen molar-refractivity contribution in [2.45, 2.75) is 38.0 Å². The quantitative estimate of drug-likeness (QED) is 0.919. The van der Waals surface area contributed by atoms with E-state index in [2.05, 4.69) is 15.0 Å². The maximum atomic E-state index is 10.5. The number of aliphatic hydroxyl groups excluding tert-OH is 1. The molecular formula is C16H21ClN4O. The summed E-state index contributed by atoms with van der Waals surface area (Å²) >= 11 is 6.19. The Kier molecular flexibility index (Phi) is 5.08. The van der Waals surface area contributed by atoms with E-state index in [0.29, 0.717) is 17.6 Å². The summed E-state index contributed by atoms with van der Waals surface area (Å²) in [6, 6.07) is 7.89. The molecule has 1 aromatic heterocycles. The summed E-state index contributed by atoms with van der Waals surface area (Å²) in [7, 11) is 0. The third kappa shape index (κ3) is 3.66. The van der Waals surface area contributed by atoms with Crippen LogP contribution in [0, 0.1) is 0 Å². The van der Waals surface area contributed by atoms with Gasteiger partial charge in [0.15, 0.2) is 0 Å². The lowest BCUT2D eigenvalue weighted by molar-refractivity contribution is 0.0591. The van der Waals surface area contributed by atoms with E-state index in [1.807, 2.05) is 28.9 Å². The van der Waals surface area contributed by atoms with Crippen LogP contribution in [0.5, 0.6) is 0 Å². The van der Waals surface area contributed by atoms with Crippen molar-refractivity contribution in [1.82, 2.24) is 19.7 Å². The van der Waals surface area contributed by atoms with Crippen molar-refractivity contribution in [2.24, 2.45) is 0 Å². The first-order valence-electron chi connectivity index (χ1n) is 7.73. The van der Waals surface area contributed by atoms with Gasteiger partial charge in [-0.1, -0.05) is 36.2 Å². The molecule has 6 heteroatoms. The number of aliphatic hydroxyl groups is 1. The molecule has 118 valence electrons.